The third-order valence-electron chi connectivity index (χ3n) is 7.96. The number of halogens is 2. The van der Waals surface area contributed by atoms with Crippen molar-refractivity contribution in [2.24, 2.45) is 11.8 Å². The Bertz CT molecular complexity index is 1350. The van der Waals surface area contributed by atoms with Gasteiger partial charge < -0.3 is 14.9 Å². The van der Waals surface area contributed by atoms with Gasteiger partial charge in [-0.15, -0.1) is 0 Å². The number of fused-ring (bicyclic) bond motifs is 1. The van der Waals surface area contributed by atoms with Crippen molar-refractivity contribution in [3.8, 4) is 0 Å². The van der Waals surface area contributed by atoms with E-state index in [0.29, 0.717) is 39.6 Å². The highest BCUT2D eigenvalue weighted by Gasteiger charge is 2.36. The summed E-state index contributed by atoms with van der Waals surface area (Å²) in [6.07, 6.45) is 3.32. The van der Waals surface area contributed by atoms with E-state index in [4.69, 9.17) is 33.3 Å². The second-order valence-electron chi connectivity index (χ2n) is 10.6. The molecule has 2 saturated heterocycles. The number of piperidine rings is 1. The molecule has 10 heteroatoms. The number of carboxylic acids is 1. The fourth-order valence-corrected chi connectivity index (χ4v) is 6.38. The molecule has 2 aromatic heterocycles. The summed E-state index contributed by atoms with van der Waals surface area (Å²) in [6.45, 7) is 8.36. The SMILES string of the molecule is CC(=O)c1nn(C(C)c2ccc(Cl)cc2Cl)c2nc(N3CC(C4CCCN(CCCC(=O)O)C4)C3)ccc12. The topological polar surface area (TPSA) is 91.6 Å². The number of anilines is 1. The lowest BCUT2D eigenvalue weighted by atomic mass is 9.80. The Morgan fingerprint density at radius 2 is 1.92 bits per heavy atom. The number of carboxylic acid groups (broad SMARTS) is 1. The lowest BCUT2D eigenvalue weighted by Crippen LogP contribution is -2.53. The fraction of sp³-hybridized carbons (Fsp3) is 0.500. The molecule has 3 aromatic rings. The van der Waals surface area contributed by atoms with Crippen LogP contribution in [-0.2, 0) is 4.79 Å². The third kappa shape index (κ3) is 5.53. The summed E-state index contributed by atoms with van der Waals surface area (Å²) < 4.78 is 1.79. The number of pyridine rings is 1. The van der Waals surface area contributed by atoms with Gasteiger partial charge in [-0.3, -0.25) is 9.59 Å². The van der Waals surface area contributed by atoms with Crippen LogP contribution < -0.4 is 4.90 Å². The molecule has 2 unspecified atom stereocenters. The summed E-state index contributed by atoms with van der Waals surface area (Å²) in [6, 6.07) is 9.09. The number of benzene rings is 1. The van der Waals surface area contributed by atoms with Gasteiger partial charge in [-0.25, -0.2) is 9.67 Å². The second-order valence-corrected chi connectivity index (χ2v) is 11.4. The molecule has 1 aromatic carbocycles. The number of Topliss-reactive ketones (excluding diaryl/α,β-unsaturated/α-hetero) is 1. The zero-order valence-electron chi connectivity index (χ0n) is 21.7. The quantitative estimate of drug-likeness (QED) is 0.344. The maximum atomic E-state index is 12.4. The van der Waals surface area contributed by atoms with Crippen molar-refractivity contribution in [2.75, 3.05) is 37.6 Å². The number of carbonyl (C=O) groups is 2. The number of aliphatic carboxylic acids is 1. The average molecular weight is 559 g/mol. The van der Waals surface area contributed by atoms with Crippen molar-refractivity contribution >= 4 is 51.8 Å². The van der Waals surface area contributed by atoms with E-state index in [1.54, 1.807) is 16.8 Å². The van der Waals surface area contributed by atoms with Gasteiger partial charge >= 0.3 is 5.97 Å². The van der Waals surface area contributed by atoms with Crippen LogP contribution in [0.1, 0.15) is 61.6 Å². The first-order chi connectivity index (χ1) is 18.2. The van der Waals surface area contributed by atoms with Crippen molar-refractivity contribution in [3.05, 3.63) is 51.6 Å². The average Bonchev–Trinajstić information content (AvgIpc) is 3.22. The maximum absolute atomic E-state index is 12.4. The molecule has 0 saturated carbocycles. The number of hydrogen-bond acceptors (Lipinski definition) is 6. The number of carbonyl (C=O) groups excluding carboxylic acids is 1. The first-order valence-corrected chi connectivity index (χ1v) is 14.0. The number of ketones is 1. The minimum Gasteiger partial charge on any atom is -0.481 e. The van der Waals surface area contributed by atoms with E-state index in [-0.39, 0.29) is 18.2 Å². The van der Waals surface area contributed by atoms with Crippen molar-refractivity contribution in [3.63, 3.8) is 0 Å². The lowest BCUT2D eigenvalue weighted by molar-refractivity contribution is -0.137. The van der Waals surface area contributed by atoms with E-state index in [1.807, 2.05) is 25.1 Å². The van der Waals surface area contributed by atoms with Crippen LogP contribution in [0.2, 0.25) is 10.0 Å². The second kappa shape index (κ2) is 11.2. The molecule has 5 rings (SSSR count). The molecule has 2 fully saturated rings. The summed E-state index contributed by atoms with van der Waals surface area (Å²) in [4.78, 5) is 32.9. The van der Waals surface area contributed by atoms with Gasteiger partial charge in [0.1, 0.15) is 11.5 Å². The monoisotopic (exact) mass is 557 g/mol. The van der Waals surface area contributed by atoms with Gasteiger partial charge in [0, 0.05) is 43.0 Å². The number of hydrogen-bond donors (Lipinski definition) is 1. The summed E-state index contributed by atoms with van der Waals surface area (Å²) in [7, 11) is 0. The normalized spacial score (nSPS) is 19.5. The van der Waals surface area contributed by atoms with Gasteiger partial charge in [-0.05, 0) is 80.9 Å². The van der Waals surface area contributed by atoms with Gasteiger partial charge in [0.15, 0.2) is 11.4 Å². The molecule has 2 atom stereocenters. The highest BCUT2D eigenvalue weighted by molar-refractivity contribution is 6.35. The predicted molar refractivity (Wildman–Crippen MR) is 150 cm³/mol. The molecular formula is C28H33Cl2N5O3. The zero-order valence-corrected chi connectivity index (χ0v) is 23.3. The molecule has 2 aliphatic heterocycles. The molecule has 1 N–H and O–H groups in total. The highest BCUT2D eigenvalue weighted by atomic mass is 35.5. The third-order valence-corrected chi connectivity index (χ3v) is 8.52. The van der Waals surface area contributed by atoms with Crippen LogP contribution in [0.3, 0.4) is 0 Å². The largest absolute Gasteiger partial charge is 0.481 e. The first-order valence-electron chi connectivity index (χ1n) is 13.3. The first kappa shape index (κ1) is 26.9. The Balaban J connectivity index is 1.32. The molecule has 0 amide bonds. The van der Waals surface area contributed by atoms with Crippen LogP contribution in [0, 0.1) is 11.8 Å². The molecule has 0 aliphatic carbocycles. The van der Waals surface area contributed by atoms with Gasteiger partial charge in [-0.2, -0.15) is 5.10 Å². The van der Waals surface area contributed by atoms with Crippen molar-refractivity contribution < 1.29 is 14.7 Å². The summed E-state index contributed by atoms with van der Waals surface area (Å²) >= 11 is 12.6. The van der Waals surface area contributed by atoms with E-state index in [2.05, 4.69) is 14.9 Å². The van der Waals surface area contributed by atoms with Crippen LogP contribution in [-0.4, -0.2) is 69.2 Å². The lowest BCUT2D eigenvalue weighted by Gasteiger charge is -2.47. The van der Waals surface area contributed by atoms with Crippen LogP contribution in [0.4, 0.5) is 5.82 Å². The van der Waals surface area contributed by atoms with Crippen molar-refractivity contribution in [2.45, 2.75) is 45.6 Å². The maximum Gasteiger partial charge on any atom is 0.303 e. The van der Waals surface area contributed by atoms with Crippen molar-refractivity contribution in [1.82, 2.24) is 19.7 Å². The Labute approximate surface area is 232 Å². The molecule has 8 nitrogen and oxygen atoms in total. The van der Waals surface area contributed by atoms with Crippen LogP contribution in [0.15, 0.2) is 30.3 Å². The fourth-order valence-electron chi connectivity index (χ4n) is 5.82. The molecular weight excluding hydrogens is 525 g/mol. The summed E-state index contributed by atoms with van der Waals surface area (Å²) in [5.41, 5.74) is 1.93. The molecule has 0 spiro atoms. The molecule has 4 heterocycles. The van der Waals surface area contributed by atoms with Crippen molar-refractivity contribution in [1.29, 1.82) is 0 Å². The van der Waals surface area contributed by atoms with Gasteiger partial charge in [0.2, 0.25) is 0 Å². The highest BCUT2D eigenvalue weighted by Crippen LogP contribution is 2.36. The van der Waals surface area contributed by atoms with E-state index in [0.717, 1.165) is 55.9 Å². The van der Waals surface area contributed by atoms with E-state index >= 15 is 0 Å². The number of rotatable bonds is 9. The molecule has 0 bridgehead atoms. The standard InChI is InChI=1S/C28H33Cl2N5O3/c1-17(22-8-7-21(29)13-24(22)30)35-28-23(27(32-35)18(2)36)9-10-25(31-28)34-15-20(16-34)19-5-3-11-33(14-19)12-4-6-26(37)38/h7-10,13,17,19-20H,3-6,11-12,14-16H2,1-2H3,(H,37,38). The van der Waals surface area contributed by atoms with E-state index in [9.17, 15) is 9.59 Å². The van der Waals surface area contributed by atoms with Gasteiger partial charge in [-0.1, -0.05) is 29.3 Å². The minimum absolute atomic E-state index is 0.105. The number of nitrogens with zero attached hydrogens (tertiary/aromatic N) is 5. The Morgan fingerprint density at radius 3 is 2.63 bits per heavy atom. The zero-order chi connectivity index (χ0) is 27.0. The minimum atomic E-state index is -0.722. The predicted octanol–water partition coefficient (Wildman–Crippen LogP) is 5.56. The van der Waals surface area contributed by atoms with Crippen LogP contribution in [0.25, 0.3) is 11.0 Å². The summed E-state index contributed by atoms with van der Waals surface area (Å²) in [5.74, 6) is 1.27. The Kier molecular flexibility index (Phi) is 7.93. The van der Waals surface area contributed by atoms with Gasteiger partial charge in [0.25, 0.3) is 0 Å². The Hall–Kier alpha value is -2.68. The van der Waals surface area contributed by atoms with Crippen LogP contribution in [0.5, 0.6) is 0 Å². The molecule has 0 radical (unpaired) electrons. The number of likely N-dealkylation sites (tertiary alicyclic amines) is 1. The summed E-state index contributed by atoms with van der Waals surface area (Å²) in [5, 5.41) is 15.4. The smallest absolute Gasteiger partial charge is 0.303 e. The van der Waals surface area contributed by atoms with Gasteiger partial charge in [0.05, 0.1) is 11.4 Å². The van der Waals surface area contributed by atoms with E-state index < -0.39 is 5.97 Å². The molecule has 38 heavy (non-hydrogen) atoms. The Morgan fingerprint density at radius 1 is 1.13 bits per heavy atom. The molecule has 2 aliphatic rings. The number of aromatic nitrogens is 3. The molecule has 202 valence electrons. The van der Waals surface area contributed by atoms with Crippen LogP contribution >= 0.6 is 23.2 Å². The van der Waals surface area contributed by atoms with E-state index in [1.165, 1.54) is 13.3 Å².